The number of methoxy groups -OCH3 is 1. The molecule has 108 valence electrons. The second-order valence-electron chi connectivity index (χ2n) is 4.26. The Kier molecular flexibility index (Phi) is 3.82. The molecule has 0 fully saturated rings. The van der Waals surface area contributed by atoms with Crippen molar-refractivity contribution < 1.29 is 18.3 Å². The summed E-state index contributed by atoms with van der Waals surface area (Å²) in [7, 11) is 2.81. The molecule has 2 aromatic rings. The maximum atomic E-state index is 12.9. The minimum Gasteiger partial charge on any atom is -0.469 e. The molecule has 0 aliphatic heterocycles. The van der Waals surface area contributed by atoms with Crippen LogP contribution in [0.15, 0.2) is 17.1 Å². The van der Waals surface area contributed by atoms with E-state index < -0.39 is 18.0 Å². The summed E-state index contributed by atoms with van der Waals surface area (Å²) in [5.74, 6) is -0.487. The van der Waals surface area contributed by atoms with E-state index in [2.05, 4.69) is 9.84 Å². The van der Waals surface area contributed by atoms with E-state index in [1.54, 1.807) is 7.05 Å². The third-order valence-electron chi connectivity index (χ3n) is 2.92. The Morgan fingerprint density at radius 3 is 2.80 bits per heavy atom. The molecule has 0 N–H and O–H groups in total. The largest absolute Gasteiger partial charge is 0.469 e. The molecule has 6 nitrogen and oxygen atoms in total. The molecule has 2 aromatic heterocycles. The van der Waals surface area contributed by atoms with Crippen LogP contribution in [-0.4, -0.2) is 27.4 Å². The van der Waals surface area contributed by atoms with E-state index in [4.69, 9.17) is 0 Å². The number of aryl methyl sites for hydroxylation is 2. The van der Waals surface area contributed by atoms with Gasteiger partial charge in [0, 0.05) is 36.8 Å². The Hall–Kier alpha value is -2.25. The highest BCUT2D eigenvalue weighted by atomic mass is 19.3. The number of alkyl halides is 2. The molecule has 20 heavy (non-hydrogen) atoms. The number of fused-ring (bicyclic) bond motifs is 1. The number of rotatable bonds is 4. The van der Waals surface area contributed by atoms with Gasteiger partial charge in [0.2, 0.25) is 0 Å². The number of hydrogen-bond acceptors (Lipinski definition) is 4. The standard InChI is InChI=1S/C12H13F2N3O3/c1-16-6-8-7(11(13)14)5-9(18)17(12(8)15-16)4-3-10(19)20-2/h5-6,11H,3-4H2,1-2H3. The maximum Gasteiger partial charge on any atom is 0.307 e. The van der Waals surface area contributed by atoms with Crippen LogP contribution in [0.4, 0.5) is 8.78 Å². The van der Waals surface area contributed by atoms with Crippen LogP contribution in [0, 0.1) is 0 Å². The summed E-state index contributed by atoms with van der Waals surface area (Å²) in [5.41, 5.74) is -0.831. The van der Waals surface area contributed by atoms with Crippen molar-refractivity contribution >= 4 is 17.0 Å². The fourth-order valence-corrected chi connectivity index (χ4v) is 1.97. The Morgan fingerprint density at radius 2 is 2.20 bits per heavy atom. The Bertz CT molecular complexity index is 706. The first-order valence-corrected chi connectivity index (χ1v) is 5.86. The Balaban J connectivity index is 2.55. The van der Waals surface area contributed by atoms with Crippen molar-refractivity contribution in [3.8, 4) is 0 Å². The van der Waals surface area contributed by atoms with Gasteiger partial charge in [-0.25, -0.2) is 8.78 Å². The minimum absolute atomic E-state index is 0.0303. The van der Waals surface area contributed by atoms with Gasteiger partial charge >= 0.3 is 5.97 Å². The van der Waals surface area contributed by atoms with E-state index in [0.29, 0.717) is 0 Å². The van der Waals surface area contributed by atoms with Crippen molar-refractivity contribution in [2.45, 2.75) is 19.4 Å². The second-order valence-corrected chi connectivity index (χ2v) is 4.26. The van der Waals surface area contributed by atoms with Crippen LogP contribution in [0.1, 0.15) is 18.4 Å². The number of pyridine rings is 1. The lowest BCUT2D eigenvalue weighted by Crippen LogP contribution is -2.22. The first-order valence-electron chi connectivity index (χ1n) is 5.86. The summed E-state index contributed by atoms with van der Waals surface area (Å²) in [6.45, 7) is 0.0303. The summed E-state index contributed by atoms with van der Waals surface area (Å²) >= 11 is 0. The van der Waals surface area contributed by atoms with Crippen molar-refractivity contribution in [2.24, 2.45) is 7.05 Å². The van der Waals surface area contributed by atoms with Crippen molar-refractivity contribution in [3.63, 3.8) is 0 Å². The number of ether oxygens (including phenoxy) is 1. The molecule has 2 rings (SSSR count). The molecule has 0 aliphatic carbocycles. The number of halogens is 2. The smallest absolute Gasteiger partial charge is 0.307 e. The lowest BCUT2D eigenvalue weighted by atomic mass is 10.2. The number of nitrogens with zero attached hydrogens (tertiary/aromatic N) is 3. The highest BCUT2D eigenvalue weighted by Gasteiger charge is 2.18. The van der Waals surface area contributed by atoms with E-state index in [-0.39, 0.29) is 29.6 Å². The molecule has 0 saturated heterocycles. The van der Waals surface area contributed by atoms with E-state index in [9.17, 15) is 18.4 Å². The van der Waals surface area contributed by atoms with E-state index >= 15 is 0 Å². The molecule has 0 atom stereocenters. The monoisotopic (exact) mass is 285 g/mol. The number of carbonyl (C=O) groups excluding carboxylic acids is 1. The zero-order chi connectivity index (χ0) is 14.9. The summed E-state index contributed by atoms with van der Waals surface area (Å²) in [5, 5.41) is 4.22. The molecule has 0 spiro atoms. The van der Waals surface area contributed by atoms with Crippen LogP contribution >= 0.6 is 0 Å². The Morgan fingerprint density at radius 1 is 1.50 bits per heavy atom. The highest BCUT2D eigenvalue weighted by molar-refractivity contribution is 5.79. The first-order chi connectivity index (χ1) is 9.43. The minimum atomic E-state index is -2.76. The highest BCUT2D eigenvalue weighted by Crippen LogP contribution is 2.25. The summed E-state index contributed by atoms with van der Waals surface area (Å²) in [6.07, 6.45) is -1.37. The van der Waals surface area contributed by atoms with Gasteiger partial charge in [-0.2, -0.15) is 5.10 Å². The molecule has 2 heterocycles. The third kappa shape index (κ3) is 2.54. The normalized spacial score (nSPS) is 11.2. The van der Waals surface area contributed by atoms with E-state index in [0.717, 1.165) is 6.07 Å². The zero-order valence-electron chi connectivity index (χ0n) is 11.0. The van der Waals surface area contributed by atoms with Gasteiger partial charge in [0.1, 0.15) is 0 Å². The summed E-state index contributed by atoms with van der Waals surface area (Å²) in [4.78, 5) is 23.0. The molecular weight excluding hydrogens is 272 g/mol. The summed E-state index contributed by atoms with van der Waals surface area (Å²) < 4.78 is 32.9. The fraction of sp³-hybridized carbons (Fsp3) is 0.417. The molecule has 0 radical (unpaired) electrons. The average molecular weight is 285 g/mol. The zero-order valence-corrected chi connectivity index (χ0v) is 11.0. The first kappa shape index (κ1) is 14.2. The van der Waals surface area contributed by atoms with Gasteiger partial charge < -0.3 is 4.74 Å². The van der Waals surface area contributed by atoms with Gasteiger partial charge in [0.05, 0.1) is 13.5 Å². The van der Waals surface area contributed by atoms with Crippen molar-refractivity contribution in [2.75, 3.05) is 7.11 Å². The number of esters is 1. The van der Waals surface area contributed by atoms with Crippen molar-refractivity contribution in [1.29, 1.82) is 0 Å². The lowest BCUT2D eigenvalue weighted by molar-refractivity contribution is -0.140. The van der Waals surface area contributed by atoms with Gasteiger partial charge in [-0.1, -0.05) is 0 Å². The maximum absolute atomic E-state index is 12.9. The molecule has 8 heteroatoms. The van der Waals surface area contributed by atoms with E-state index in [1.807, 2.05) is 0 Å². The predicted octanol–water partition coefficient (Wildman–Crippen LogP) is 1.24. The third-order valence-corrected chi connectivity index (χ3v) is 2.92. The quantitative estimate of drug-likeness (QED) is 0.793. The topological polar surface area (TPSA) is 66.1 Å². The lowest BCUT2D eigenvalue weighted by Gasteiger charge is -2.08. The molecule has 0 aromatic carbocycles. The van der Waals surface area contributed by atoms with Crippen molar-refractivity contribution in [1.82, 2.24) is 14.3 Å². The second kappa shape index (κ2) is 5.40. The molecule has 0 bridgehead atoms. The van der Waals surface area contributed by atoms with Crippen LogP contribution in [0.2, 0.25) is 0 Å². The van der Waals surface area contributed by atoms with Crippen LogP contribution in [0.5, 0.6) is 0 Å². The van der Waals surface area contributed by atoms with E-state index in [1.165, 1.54) is 22.6 Å². The number of aromatic nitrogens is 3. The molecule has 0 unspecified atom stereocenters. The van der Waals surface area contributed by atoms with Gasteiger partial charge in [0.25, 0.3) is 12.0 Å². The van der Waals surface area contributed by atoms with Crippen LogP contribution in [0.25, 0.3) is 11.0 Å². The average Bonchev–Trinajstić information content (AvgIpc) is 2.77. The van der Waals surface area contributed by atoms with Gasteiger partial charge in [-0.05, 0) is 0 Å². The van der Waals surface area contributed by atoms with Crippen LogP contribution in [0.3, 0.4) is 0 Å². The van der Waals surface area contributed by atoms with Crippen LogP contribution in [-0.2, 0) is 23.1 Å². The fourth-order valence-electron chi connectivity index (χ4n) is 1.97. The van der Waals surface area contributed by atoms with Crippen molar-refractivity contribution in [3.05, 3.63) is 28.2 Å². The predicted molar refractivity (Wildman–Crippen MR) is 66.6 cm³/mol. The van der Waals surface area contributed by atoms with Gasteiger partial charge in [0.15, 0.2) is 5.65 Å². The number of carbonyl (C=O) groups is 1. The number of hydrogen-bond donors (Lipinski definition) is 0. The molecular formula is C12H13F2N3O3. The van der Waals surface area contributed by atoms with Crippen LogP contribution < -0.4 is 5.56 Å². The molecule has 0 amide bonds. The molecule has 0 aliphatic rings. The van der Waals surface area contributed by atoms with Gasteiger partial charge in [-0.3, -0.25) is 18.8 Å². The molecule has 0 saturated carbocycles. The van der Waals surface area contributed by atoms with Gasteiger partial charge in [-0.15, -0.1) is 0 Å². The summed E-state index contributed by atoms with van der Waals surface area (Å²) in [6, 6.07) is 0.881. The SMILES string of the molecule is COC(=O)CCn1c(=O)cc(C(F)F)c2cn(C)nc21. The Labute approximate surface area is 112 Å².